The minimum Gasteiger partial charge on any atom is -0.329 e. The predicted octanol–water partition coefficient (Wildman–Crippen LogP) is 0.00430. The maximum Gasteiger partial charge on any atom is 0.0419 e. The molecule has 1 heterocycles. The lowest BCUT2D eigenvalue weighted by Crippen LogP contribution is -2.49. The molecule has 1 fully saturated rings. The van der Waals surface area contributed by atoms with Crippen LogP contribution in [-0.4, -0.2) is 36.6 Å². The minimum absolute atomic E-state index is 0.102. The van der Waals surface area contributed by atoms with E-state index in [1.54, 1.807) is 0 Å². The molecular formula is C9H21N3. The van der Waals surface area contributed by atoms with Crippen LogP contribution in [0.15, 0.2) is 0 Å². The Balaban J connectivity index is 2.35. The molecule has 12 heavy (non-hydrogen) atoms. The first-order chi connectivity index (χ1) is 5.56. The normalized spacial score (nSPS) is 31.8. The summed E-state index contributed by atoms with van der Waals surface area (Å²) in [5.41, 5.74) is 11.6. The molecule has 0 amide bonds. The lowest BCUT2D eigenvalue weighted by molar-refractivity contribution is 0.279. The highest BCUT2D eigenvalue weighted by Crippen LogP contribution is 2.18. The molecule has 0 aromatic carbocycles. The molecule has 0 aromatic heterocycles. The first-order valence-corrected chi connectivity index (χ1v) is 4.77. The fraction of sp³-hybridized carbons (Fsp3) is 1.00. The van der Waals surface area contributed by atoms with Crippen LogP contribution in [0.25, 0.3) is 0 Å². The van der Waals surface area contributed by atoms with Crippen LogP contribution in [0.4, 0.5) is 0 Å². The van der Waals surface area contributed by atoms with Crippen molar-refractivity contribution in [3.63, 3.8) is 0 Å². The highest BCUT2D eigenvalue weighted by Gasteiger charge is 2.32. The summed E-state index contributed by atoms with van der Waals surface area (Å²) in [6, 6.07) is 0. The molecule has 0 unspecified atom stereocenters. The zero-order valence-corrected chi connectivity index (χ0v) is 8.21. The van der Waals surface area contributed by atoms with Crippen molar-refractivity contribution < 1.29 is 0 Å². The zero-order valence-electron chi connectivity index (χ0n) is 8.21. The Morgan fingerprint density at radius 3 is 2.58 bits per heavy atom. The highest BCUT2D eigenvalue weighted by molar-refractivity contribution is 4.95. The van der Waals surface area contributed by atoms with Gasteiger partial charge in [0.2, 0.25) is 0 Å². The van der Waals surface area contributed by atoms with Gasteiger partial charge in [-0.1, -0.05) is 13.8 Å². The van der Waals surface area contributed by atoms with Gasteiger partial charge < -0.3 is 16.4 Å². The molecule has 0 aliphatic carbocycles. The van der Waals surface area contributed by atoms with Crippen LogP contribution >= 0.6 is 0 Å². The third-order valence-corrected chi connectivity index (χ3v) is 2.49. The second-order valence-electron chi connectivity index (χ2n) is 4.45. The molecular weight excluding hydrogens is 150 g/mol. The Morgan fingerprint density at radius 1 is 1.50 bits per heavy atom. The van der Waals surface area contributed by atoms with Crippen LogP contribution in [0.3, 0.4) is 0 Å². The van der Waals surface area contributed by atoms with Crippen LogP contribution in [0.5, 0.6) is 0 Å². The Kier molecular flexibility index (Phi) is 3.09. The van der Waals surface area contributed by atoms with Gasteiger partial charge >= 0.3 is 0 Å². The third kappa shape index (κ3) is 2.44. The van der Waals surface area contributed by atoms with E-state index in [1.807, 2.05) is 0 Å². The van der Waals surface area contributed by atoms with Crippen molar-refractivity contribution in [2.24, 2.45) is 17.4 Å². The molecule has 1 atom stereocenters. The maximum absolute atomic E-state index is 6.06. The van der Waals surface area contributed by atoms with Crippen molar-refractivity contribution in [2.75, 3.05) is 26.2 Å². The average molecular weight is 171 g/mol. The summed E-state index contributed by atoms with van der Waals surface area (Å²) >= 11 is 0. The monoisotopic (exact) mass is 171 g/mol. The van der Waals surface area contributed by atoms with Crippen molar-refractivity contribution in [1.29, 1.82) is 0 Å². The van der Waals surface area contributed by atoms with Gasteiger partial charge in [-0.3, -0.25) is 0 Å². The molecule has 1 aliphatic heterocycles. The van der Waals surface area contributed by atoms with Gasteiger partial charge in [0.15, 0.2) is 0 Å². The predicted molar refractivity (Wildman–Crippen MR) is 51.9 cm³/mol. The Hall–Kier alpha value is -0.120. The molecule has 3 heteroatoms. The van der Waals surface area contributed by atoms with Crippen molar-refractivity contribution >= 4 is 0 Å². The van der Waals surface area contributed by atoms with Gasteiger partial charge in [-0.25, -0.2) is 0 Å². The van der Waals surface area contributed by atoms with E-state index in [1.165, 1.54) is 0 Å². The van der Waals surface area contributed by atoms with E-state index >= 15 is 0 Å². The smallest absolute Gasteiger partial charge is 0.0419 e. The molecule has 0 spiro atoms. The van der Waals surface area contributed by atoms with Gasteiger partial charge in [-0.15, -0.1) is 0 Å². The number of rotatable bonds is 3. The molecule has 0 saturated carbocycles. The van der Waals surface area contributed by atoms with Crippen LogP contribution in [0, 0.1) is 5.92 Å². The van der Waals surface area contributed by atoms with Crippen LogP contribution in [-0.2, 0) is 0 Å². The Labute approximate surface area is 75.1 Å². The lowest BCUT2D eigenvalue weighted by atomic mass is 10.0. The largest absolute Gasteiger partial charge is 0.329 e. The third-order valence-electron chi connectivity index (χ3n) is 2.49. The van der Waals surface area contributed by atoms with Gasteiger partial charge in [-0.05, 0) is 12.3 Å². The SMILES string of the molecule is CC(C)CN1CC[C@@](N)(CN)C1. The molecule has 1 aliphatic rings. The van der Waals surface area contributed by atoms with E-state index < -0.39 is 0 Å². The van der Waals surface area contributed by atoms with Gasteiger partial charge in [-0.2, -0.15) is 0 Å². The molecule has 0 bridgehead atoms. The summed E-state index contributed by atoms with van der Waals surface area (Å²) in [4.78, 5) is 2.41. The topological polar surface area (TPSA) is 55.3 Å². The zero-order chi connectivity index (χ0) is 9.19. The van der Waals surface area contributed by atoms with E-state index in [0.29, 0.717) is 6.54 Å². The number of hydrogen-bond acceptors (Lipinski definition) is 3. The molecule has 0 aromatic rings. The summed E-state index contributed by atoms with van der Waals surface area (Å²) in [6.45, 7) is 8.33. The molecule has 1 saturated heterocycles. The quantitative estimate of drug-likeness (QED) is 0.628. The Morgan fingerprint density at radius 2 is 2.17 bits per heavy atom. The summed E-state index contributed by atoms with van der Waals surface area (Å²) < 4.78 is 0. The maximum atomic E-state index is 6.06. The fourth-order valence-corrected chi connectivity index (χ4v) is 1.82. The molecule has 1 rings (SSSR count). The van der Waals surface area contributed by atoms with Gasteiger partial charge in [0, 0.05) is 31.7 Å². The minimum atomic E-state index is -0.102. The van der Waals surface area contributed by atoms with Crippen LogP contribution in [0.1, 0.15) is 20.3 Å². The summed E-state index contributed by atoms with van der Waals surface area (Å²) in [7, 11) is 0. The molecule has 72 valence electrons. The fourth-order valence-electron chi connectivity index (χ4n) is 1.82. The summed E-state index contributed by atoms with van der Waals surface area (Å²) in [5, 5.41) is 0. The highest BCUT2D eigenvalue weighted by atomic mass is 15.2. The second-order valence-corrected chi connectivity index (χ2v) is 4.45. The van der Waals surface area contributed by atoms with Crippen molar-refractivity contribution in [3.8, 4) is 0 Å². The van der Waals surface area contributed by atoms with E-state index in [-0.39, 0.29) is 5.54 Å². The van der Waals surface area contributed by atoms with Crippen molar-refractivity contribution in [2.45, 2.75) is 25.8 Å². The summed E-state index contributed by atoms with van der Waals surface area (Å²) in [6.07, 6.45) is 1.05. The number of nitrogens with two attached hydrogens (primary N) is 2. The van der Waals surface area contributed by atoms with E-state index in [9.17, 15) is 0 Å². The Bertz CT molecular complexity index is 147. The lowest BCUT2D eigenvalue weighted by Gasteiger charge is -2.23. The number of likely N-dealkylation sites (tertiary alicyclic amines) is 1. The van der Waals surface area contributed by atoms with Crippen LogP contribution in [0.2, 0.25) is 0 Å². The van der Waals surface area contributed by atoms with E-state index in [0.717, 1.165) is 32.0 Å². The molecule has 3 nitrogen and oxygen atoms in total. The second kappa shape index (κ2) is 3.73. The van der Waals surface area contributed by atoms with Crippen molar-refractivity contribution in [3.05, 3.63) is 0 Å². The summed E-state index contributed by atoms with van der Waals surface area (Å²) in [5.74, 6) is 0.727. The van der Waals surface area contributed by atoms with E-state index in [4.69, 9.17) is 11.5 Å². The first-order valence-electron chi connectivity index (χ1n) is 4.77. The average Bonchev–Trinajstić information content (AvgIpc) is 2.32. The molecule has 0 radical (unpaired) electrons. The van der Waals surface area contributed by atoms with Gasteiger partial charge in [0.05, 0.1) is 0 Å². The van der Waals surface area contributed by atoms with Crippen molar-refractivity contribution in [1.82, 2.24) is 4.90 Å². The van der Waals surface area contributed by atoms with Gasteiger partial charge in [0.25, 0.3) is 0 Å². The van der Waals surface area contributed by atoms with Crippen LogP contribution < -0.4 is 11.5 Å². The van der Waals surface area contributed by atoms with E-state index in [2.05, 4.69) is 18.7 Å². The van der Waals surface area contributed by atoms with Gasteiger partial charge in [0.1, 0.15) is 0 Å². The number of nitrogens with zero attached hydrogens (tertiary/aromatic N) is 1. The first kappa shape index (κ1) is 9.96. The molecule has 4 N–H and O–H groups in total. The standard InChI is InChI=1S/C9H21N3/c1-8(2)5-12-4-3-9(11,6-10)7-12/h8H,3-7,10-11H2,1-2H3/t9-/m1/s1. The number of hydrogen-bond donors (Lipinski definition) is 2.